The Labute approximate surface area is 107 Å². The zero-order valence-corrected chi connectivity index (χ0v) is 10.6. The first-order valence-corrected chi connectivity index (χ1v) is 5.94. The largest absolute Gasteiger partial charge is 0.497 e. The molecule has 2 rings (SSSR count). The van der Waals surface area contributed by atoms with Crippen LogP contribution in [0, 0.1) is 7.05 Å². The van der Waals surface area contributed by atoms with Crippen molar-refractivity contribution in [2.45, 2.75) is 0 Å². The van der Waals surface area contributed by atoms with Crippen molar-refractivity contribution in [3.8, 4) is 5.75 Å². The molecule has 1 aliphatic rings. The van der Waals surface area contributed by atoms with Crippen molar-refractivity contribution in [3.63, 3.8) is 0 Å². The highest BCUT2D eigenvalue weighted by Gasteiger charge is 2.18. The lowest BCUT2D eigenvalue weighted by Crippen LogP contribution is -2.48. The predicted molar refractivity (Wildman–Crippen MR) is 70.5 cm³/mol. The van der Waals surface area contributed by atoms with Gasteiger partial charge in [0.1, 0.15) is 5.75 Å². The summed E-state index contributed by atoms with van der Waals surface area (Å²) in [5, 5.41) is 2.87. The third kappa shape index (κ3) is 3.13. The average molecular weight is 248 g/mol. The molecule has 1 fully saturated rings. The number of hydrogen-bond donors (Lipinski definition) is 1. The Morgan fingerprint density at radius 1 is 1.22 bits per heavy atom. The van der Waals surface area contributed by atoms with Crippen molar-refractivity contribution in [3.05, 3.63) is 31.3 Å². The standard InChI is InChI=1S/C13H18N3O2/c1-15-7-9-16(10-8-15)13(17)14-11-3-5-12(18-2)6-4-11/h3-6H,1,7-10H2,2H3,(H,14,17). The van der Waals surface area contributed by atoms with Crippen molar-refractivity contribution < 1.29 is 9.53 Å². The predicted octanol–water partition coefficient (Wildman–Crippen LogP) is 1.64. The lowest BCUT2D eigenvalue weighted by atomic mass is 10.3. The summed E-state index contributed by atoms with van der Waals surface area (Å²) in [6.07, 6.45) is 0. The van der Waals surface area contributed by atoms with E-state index in [0.717, 1.165) is 24.5 Å². The summed E-state index contributed by atoms with van der Waals surface area (Å²) in [7, 11) is 5.47. The molecule has 0 aliphatic carbocycles. The summed E-state index contributed by atoms with van der Waals surface area (Å²) in [6, 6.07) is 7.24. The van der Waals surface area contributed by atoms with Gasteiger partial charge in [-0.1, -0.05) is 0 Å². The fraction of sp³-hybridized carbons (Fsp3) is 0.385. The van der Waals surface area contributed by atoms with Gasteiger partial charge in [0.25, 0.3) is 0 Å². The molecule has 1 heterocycles. The van der Waals surface area contributed by atoms with E-state index in [0.29, 0.717) is 13.1 Å². The van der Waals surface area contributed by atoms with Gasteiger partial charge >= 0.3 is 6.03 Å². The number of amides is 2. The van der Waals surface area contributed by atoms with Crippen LogP contribution in [0.3, 0.4) is 0 Å². The normalized spacial score (nSPS) is 16.4. The lowest BCUT2D eigenvalue weighted by Gasteiger charge is -2.32. The highest BCUT2D eigenvalue weighted by atomic mass is 16.5. The van der Waals surface area contributed by atoms with Crippen molar-refractivity contribution in [2.75, 3.05) is 38.6 Å². The van der Waals surface area contributed by atoms with Gasteiger partial charge in [0.05, 0.1) is 7.11 Å². The number of benzene rings is 1. The minimum atomic E-state index is -0.0618. The van der Waals surface area contributed by atoms with Crippen molar-refractivity contribution in [1.82, 2.24) is 9.80 Å². The van der Waals surface area contributed by atoms with Gasteiger partial charge in [-0.2, -0.15) is 0 Å². The molecule has 0 saturated carbocycles. The van der Waals surface area contributed by atoms with Gasteiger partial charge in [0.15, 0.2) is 0 Å². The van der Waals surface area contributed by atoms with Crippen LogP contribution in [0.25, 0.3) is 0 Å². The van der Waals surface area contributed by atoms with Crippen LogP contribution in [-0.4, -0.2) is 49.1 Å². The quantitative estimate of drug-likeness (QED) is 0.865. The first-order valence-electron chi connectivity index (χ1n) is 5.94. The van der Waals surface area contributed by atoms with Crippen LogP contribution in [0.15, 0.2) is 24.3 Å². The van der Waals surface area contributed by atoms with Gasteiger partial charge in [-0.25, -0.2) is 4.79 Å². The van der Waals surface area contributed by atoms with E-state index in [4.69, 9.17) is 4.74 Å². The maximum atomic E-state index is 12.0. The molecule has 0 unspecified atom stereocenters. The molecule has 97 valence electrons. The fourth-order valence-electron chi connectivity index (χ4n) is 1.83. The molecule has 1 radical (unpaired) electrons. The average Bonchev–Trinajstić information content (AvgIpc) is 2.40. The summed E-state index contributed by atoms with van der Waals surface area (Å²) >= 11 is 0. The lowest BCUT2D eigenvalue weighted by molar-refractivity contribution is 0.172. The molecule has 0 atom stereocenters. The number of hydrogen-bond acceptors (Lipinski definition) is 3. The Kier molecular flexibility index (Phi) is 4.04. The summed E-state index contributed by atoms with van der Waals surface area (Å²) < 4.78 is 5.07. The second-order valence-electron chi connectivity index (χ2n) is 4.26. The Morgan fingerprint density at radius 3 is 2.39 bits per heavy atom. The van der Waals surface area contributed by atoms with Crippen LogP contribution in [-0.2, 0) is 0 Å². The van der Waals surface area contributed by atoms with Gasteiger partial charge in [-0.3, -0.25) is 4.90 Å². The molecule has 18 heavy (non-hydrogen) atoms. The number of nitrogens with zero attached hydrogens (tertiary/aromatic N) is 2. The van der Waals surface area contributed by atoms with E-state index in [-0.39, 0.29) is 6.03 Å². The van der Waals surface area contributed by atoms with Crippen LogP contribution in [0.1, 0.15) is 0 Å². The number of rotatable bonds is 2. The fourth-order valence-corrected chi connectivity index (χ4v) is 1.83. The number of methoxy groups -OCH3 is 1. The van der Waals surface area contributed by atoms with Crippen LogP contribution in [0.5, 0.6) is 5.75 Å². The highest BCUT2D eigenvalue weighted by Crippen LogP contribution is 2.15. The van der Waals surface area contributed by atoms with Crippen LogP contribution in [0.2, 0.25) is 0 Å². The third-order valence-corrected chi connectivity index (χ3v) is 3.00. The molecule has 0 aromatic heterocycles. The Morgan fingerprint density at radius 2 is 1.83 bits per heavy atom. The molecular formula is C13H18N3O2. The van der Waals surface area contributed by atoms with Crippen molar-refractivity contribution >= 4 is 11.7 Å². The molecule has 1 N–H and O–H groups in total. The molecule has 0 spiro atoms. The SMILES string of the molecule is [CH2]N1CCN(C(=O)Nc2ccc(OC)cc2)CC1. The van der Waals surface area contributed by atoms with Crippen LogP contribution in [0.4, 0.5) is 10.5 Å². The smallest absolute Gasteiger partial charge is 0.321 e. The van der Waals surface area contributed by atoms with Gasteiger partial charge < -0.3 is 15.0 Å². The third-order valence-electron chi connectivity index (χ3n) is 3.00. The van der Waals surface area contributed by atoms with E-state index in [9.17, 15) is 4.79 Å². The second kappa shape index (κ2) is 5.73. The van der Waals surface area contributed by atoms with Crippen LogP contribution < -0.4 is 10.1 Å². The number of carbonyl (C=O) groups is 1. The number of ether oxygens (including phenoxy) is 1. The van der Waals surface area contributed by atoms with Gasteiger partial charge in [-0.15, -0.1) is 0 Å². The van der Waals surface area contributed by atoms with Crippen molar-refractivity contribution in [1.29, 1.82) is 0 Å². The van der Waals surface area contributed by atoms with E-state index < -0.39 is 0 Å². The van der Waals surface area contributed by atoms with E-state index in [1.807, 2.05) is 29.2 Å². The number of nitrogens with one attached hydrogen (secondary N) is 1. The minimum Gasteiger partial charge on any atom is -0.497 e. The summed E-state index contributed by atoms with van der Waals surface area (Å²) in [5.41, 5.74) is 0.776. The molecule has 5 nitrogen and oxygen atoms in total. The molecule has 5 heteroatoms. The van der Waals surface area contributed by atoms with E-state index in [1.54, 1.807) is 12.0 Å². The maximum Gasteiger partial charge on any atom is 0.321 e. The Hall–Kier alpha value is -1.75. The van der Waals surface area contributed by atoms with Gasteiger partial charge in [-0.05, 0) is 24.3 Å². The topological polar surface area (TPSA) is 44.8 Å². The molecular weight excluding hydrogens is 230 g/mol. The number of carbonyl (C=O) groups excluding carboxylic acids is 1. The number of urea groups is 1. The zero-order chi connectivity index (χ0) is 13.0. The van der Waals surface area contributed by atoms with Gasteiger partial charge in [0, 0.05) is 38.9 Å². The Balaban J connectivity index is 1.90. The molecule has 0 bridgehead atoms. The van der Waals surface area contributed by atoms with E-state index in [1.165, 1.54) is 0 Å². The first-order chi connectivity index (χ1) is 8.69. The van der Waals surface area contributed by atoms with Gasteiger partial charge in [0.2, 0.25) is 0 Å². The van der Waals surface area contributed by atoms with E-state index in [2.05, 4.69) is 12.4 Å². The van der Waals surface area contributed by atoms with Crippen LogP contribution >= 0.6 is 0 Å². The van der Waals surface area contributed by atoms with Crippen molar-refractivity contribution in [2.24, 2.45) is 0 Å². The Bertz CT molecular complexity index is 397. The molecule has 1 aliphatic heterocycles. The monoisotopic (exact) mass is 248 g/mol. The number of anilines is 1. The second-order valence-corrected chi connectivity index (χ2v) is 4.26. The summed E-state index contributed by atoms with van der Waals surface area (Å²) in [6.45, 7) is 3.06. The molecule has 2 amide bonds. The molecule has 1 aromatic carbocycles. The summed E-state index contributed by atoms with van der Waals surface area (Å²) in [5.74, 6) is 0.777. The first kappa shape index (κ1) is 12.7. The minimum absolute atomic E-state index is 0.0618. The molecule has 1 aromatic rings. The number of piperazine rings is 1. The molecule has 1 saturated heterocycles. The zero-order valence-electron chi connectivity index (χ0n) is 10.6. The summed E-state index contributed by atoms with van der Waals surface area (Å²) in [4.78, 5) is 15.7. The van der Waals surface area contributed by atoms with E-state index >= 15 is 0 Å². The maximum absolute atomic E-state index is 12.0. The highest BCUT2D eigenvalue weighted by molar-refractivity contribution is 5.89.